The van der Waals surface area contributed by atoms with Crippen LogP contribution in [0.3, 0.4) is 0 Å². The number of amides is 3. The summed E-state index contributed by atoms with van der Waals surface area (Å²) in [5.41, 5.74) is 7.30. The van der Waals surface area contributed by atoms with Crippen molar-refractivity contribution < 1.29 is 14.4 Å². The summed E-state index contributed by atoms with van der Waals surface area (Å²) in [5.74, 6) is -1.04. The van der Waals surface area contributed by atoms with Crippen LogP contribution in [-0.2, 0) is 16.1 Å². The van der Waals surface area contributed by atoms with Crippen LogP contribution >= 0.6 is 0 Å². The van der Waals surface area contributed by atoms with Crippen LogP contribution in [0.5, 0.6) is 0 Å². The van der Waals surface area contributed by atoms with Crippen molar-refractivity contribution >= 4 is 23.4 Å². The summed E-state index contributed by atoms with van der Waals surface area (Å²) in [4.78, 5) is 37.2. The van der Waals surface area contributed by atoms with Gasteiger partial charge in [-0.2, -0.15) is 0 Å². The fraction of sp³-hybridized carbons (Fsp3) is 0.211. The van der Waals surface area contributed by atoms with Crippen molar-refractivity contribution in [3.8, 4) is 0 Å². The van der Waals surface area contributed by atoms with E-state index < -0.39 is 5.91 Å². The van der Waals surface area contributed by atoms with Crippen LogP contribution in [0, 0.1) is 5.92 Å². The Kier molecular flexibility index (Phi) is 4.79. The molecule has 0 spiro atoms. The first kappa shape index (κ1) is 16.7. The zero-order valence-corrected chi connectivity index (χ0v) is 13.6. The lowest BCUT2D eigenvalue weighted by Crippen LogP contribution is -2.32. The highest BCUT2D eigenvalue weighted by molar-refractivity contribution is 6.00. The first-order valence-electron chi connectivity index (χ1n) is 8.06. The molecular formula is C19H19N3O3. The molecule has 0 bridgehead atoms. The van der Waals surface area contributed by atoms with Gasteiger partial charge in [0.1, 0.15) is 0 Å². The van der Waals surface area contributed by atoms with Gasteiger partial charge in [-0.3, -0.25) is 14.4 Å². The Balaban J connectivity index is 1.57. The second-order valence-electron chi connectivity index (χ2n) is 6.02. The fourth-order valence-corrected chi connectivity index (χ4v) is 2.86. The molecule has 2 aromatic carbocycles. The molecule has 1 fully saturated rings. The summed E-state index contributed by atoms with van der Waals surface area (Å²) in [6, 6.07) is 16.1. The van der Waals surface area contributed by atoms with Crippen LogP contribution in [0.25, 0.3) is 0 Å². The van der Waals surface area contributed by atoms with E-state index in [0.29, 0.717) is 18.7 Å². The summed E-state index contributed by atoms with van der Waals surface area (Å²) in [6.45, 7) is 0.725. The molecule has 6 heteroatoms. The maximum absolute atomic E-state index is 12.4. The molecule has 3 N–H and O–H groups in total. The molecule has 1 saturated heterocycles. The molecule has 6 nitrogen and oxygen atoms in total. The lowest BCUT2D eigenvalue weighted by atomic mass is 10.1. The van der Waals surface area contributed by atoms with Crippen LogP contribution < -0.4 is 16.0 Å². The van der Waals surface area contributed by atoms with Gasteiger partial charge < -0.3 is 16.0 Å². The molecule has 3 rings (SSSR count). The Morgan fingerprint density at radius 2 is 1.76 bits per heavy atom. The number of nitrogens with zero attached hydrogens (tertiary/aromatic N) is 1. The van der Waals surface area contributed by atoms with E-state index in [9.17, 15) is 14.4 Å². The Bertz CT molecular complexity index is 787. The molecule has 0 aliphatic carbocycles. The summed E-state index contributed by atoms with van der Waals surface area (Å²) in [6.07, 6.45) is 0.210. The summed E-state index contributed by atoms with van der Waals surface area (Å²) in [5, 5.41) is 2.85. The zero-order chi connectivity index (χ0) is 17.8. The van der Waals surface area contributed by atoms with E-state index in [-0.39, 0.29) is 24.2 Å². The van der Waals surface area contributed by atoms with E-state index in [1.54, 1.807) is 29.2 Å². The number of carbonyl (C=O) groups excluding carboxylic acids is 3. The van der Waals surface area contributed by atoms with Gasteiger partial charge in [0, 0.05) is 30.8 Å². The van der Waals surface area contributed by atoms with Crippen molar-refractivity contribution in [1.82, 2.24) is 5.32 Å². The number of nitrogens with two attached hydrogens (primary N) is 1. The number of hydrogen-bond donors (Lipinski definition) is 2. The van der Waals surface area contributed by atoms with Gasteiger partial charge in [-0.25, -0.2) is 0 Å². The lowest BCUT2D eigenvalue weighted by Gasteiger charge is -2.16. The van der Waals surface area contributed by atoms with Gasteiger partial charge in [0.05, 0.1) is 5.92 Å². The third-order valence-corrected chi connectivity index (χ3v) is 4.27. The minimum atomic E-state index is -0.485. The van der Waals surface area contributed by atoms with Gasteiger partial charge in [-0.15, -0.1) is 0 Å². The quantitative estimate of drug-likeness (QED) is 0.865. The number of benzene rings is 2. The van der Waals surface area contributed by atoms with Crippen LogP contribution in [0.2, 0.25) is 0 Å². The van der Waals surface area contributed by atoms with Gasteiger partial charge in [0.15, 0.2) is 0 Å². The van der Waals surface area contributed by atoms with Crippen molar-refractivity contribution in [3.05, 3.63) is 65.7 Å². The lowest BCUT2D eigenvalue weighted by molar-refractivity contribution is -0.126. The van der Waals surface area contributed by atoms with Gasteiger partial charge in [0.25, 0.3) is 0 Å². The van der Waals surface area contributed by atoms with Crippen LogP contribution in [0.1, 0.15) is 22.3 Å². The molecule has 1 atom stereocenters. The van der Waals surface area contributed by atoms with Crippen molar-refractivity contribution in [2.45, 2.75) is 13.0 Å². The Labute approximate surface area is 145 Å². The highest BCUT2D eigenvalue weighted by Crippen LogP contribution is 2.24. The molecule has 1 unspecified atom stereocenters. The number of para-hydroxylation sites is 1. The van der Waals surface area contributed by atoms with Crippen molar-refractivity contribution in [2.24, 2.45) is 11.7 Å². The van der Waals surface area contributed by atoms with Gasteiger partial charge in [0.2, 0.25) is 17.7 Å². The Hall–Kier alpha value is -3.15. The van der Waals surface area contributed by atoms with Crippen molar-refractivity contribution in [2.75, 3.05) is 11.4 Å². The number of nitrogens with one attached hydrogen (secondary N) is 1. The topological polar surface area (TPSA) is 92.5 Å². The minimum absolute atomic E-state index is 0.0443. The molecule has 0 radical (unpaired) electrons. The van der Waals surface area contributed by atoms with E-state index in [1.807, 2.05) is 30.3 Å². The maximum Gasteiger partial charge on any atom is 0.248 e. The predicted molar refractivity (Wildman–Crippen MR) is 93.7 cm³/mol. The highest BCUT2D eigenvalue weighted by atomic mass is 16.2. The van der Waals surface area contributed by atoms with Gasteiger partial charge >= 0.3 is 0 Å². The third kappa shape index (κ3) is 3.85. The summed E-state index contributed by atoms with van der Waals surface area (Å²) in [7, 11) is 0. The van der Waals surface area contributed by atoms with Crippen LogP contribution in [0.4, 0.5) is 5.69 Å². The number of anilines is 1. The monoisotopic (exact) mass is 337 g/mol. The Morgan fingerprint density at radius 3 is 2.40 bits per heavy atom. The normalized spacial score (nSPS) is 16.7. The first-order valence-corrected chi connectivity index (χ1v) is 8.06. The third-order valence-electron chi connectivity index (χ3n) is 4.27. The second-order valence-corrected chi connectivity index (χ2v) is 6.02. The van der Waals surface area contributed by atoms with E-state index in [2.05, 4.69) is 5.32 Å². The van der Waals surface area contributed by atoms with Gasteiger partial charge in [-0.05, 0) is 29.8 Å². The number of primary amides is 1. The first-order chi connectivity index (χ1) is 12.0. The number of carbonyl (C=O) groups is 3. The molecule has 3 amide bonds. The molecule has 128 valence electrons. The fourth-order valence-electron chi connectivity index (χ4n) is 2.86. The molecule has 1 aliphatic heterocycles. The molecule has 0 saturated carbocycles. The predicted octanol–water partition coefficient (Wildman–Crippen LogP) is 1.45. The van der Waals surface area contributed by atoms with Gasteiger partial charge in [-0.1, -0.05) is 30.3 Å². The molecule has 0 aromatic heterocycles. The smallest absolute Gasteiger partial charge is 0.248 e. The van der Waals surface area contributed by atoms with E-state index in [4.69, 9.17) is 5.73 Å². The number of hydrogen-bond acceptors (Lipinski definition) is 3. The average Bonchev–Trinajstić information content (AvgIpc) is 3.02. The average molecular weight is 337 g/mol. The van der Waals surface area contributed by atoms with Crippen LogP contribution in [0.15, 0.2) is 54.6 Å². The molecule has 1 aliphatic rings. The van der Waals surface area contributed by atoms with E-state index in [1.165, 1.54) is 0 Å². The SMILES string of the molecule is NC(=O)c1ccc(CNC(=O)C2CC(=O)N(c3ccccc3)C2)cc1. The van der Waals surface area contributed by atoms with Crippen molar-refractivity contribution in [3.63, 3.8) is 0 Å². The van der Waals surface area contributed by atoms with Crippen molar-refractivity contribution in [1.29, 1.82) is 0 Å². The molecular weight excluding hydrogens is 318 g/mol. The van der Waals surface area contributed by atoms with E-state index >= 15 is 0 Å². The molecule has 2 aromatic rings. The van der Waals surface area contributed by atoms with Crippen LogP contribution in [-0.4, -0.2) is 24.3 Å². The zero-order valence-electron chi connectivity index (χ0n) is 13.6. The molecule has 1 heterocycles. The number of rotatable bonds is 5. The Morgan fingerprint density at radius 1 is 1.08 bits per heavy atom. The standard InChI is InChI=1S/C19H19N3O3/c20-18(24)14-8-6-13(7-9-14)11-21-19(25)15-10-17(23)22(12-15)16-4-2-1-3-5-16/h1-9,15H,10-12H2,(H2,20,24)(H,21,25). The largest absolute Gasteiger partial charge is 0.366 e. The van der Waals surface area contributed by atoms with E-state index in [0.717, 1.165) is 11.3 Å². The summed E-state index contributed by atoms with van der Waals surface area (Å²) < 4.78 is 0. The molecule has 25 heavy (non-hydrogen) atoms. The minimum Gasteiger partial charge on any atom is -0.366 e. The maximum atomic E-state index is 12.4. The highest BCUT2D eigenvalue weighted by Gasteiger charge is 2.34. The second kappa shape index (κ2) is 7.17. The summed E-state index contributed by atoms with van der Waals surface area (Å²) >= 11 is 0.